The number of rotatable bonds is 2. The fourth-order valence-corrected chi connectivity index (χ4v) is 3.70. The van der Waals surface area contributed by atoms with Crippen molar-refractivity contribution in [2.45, 2.75) is 13.0 Å². The first kappa shape index (κ1) is 10.9. The van der Waals surface area contributed by atoms with Gasteiger partial charge in [-0.2, -0.15) is 0 Å². The van der Waals surface area contributed by atoms with Crippen molar-refractivity contribution in [1.82, 2.24) is 4.98 Å². The van der Waals surface area contributed by atoms with Gasteiger partial charge in [-0.15, -0.1) is 22.7 Å². The Morgan fingerprint density at radius 3 is 2.94 bits per heavy atom. The Balaban J connectivity index is 2.12. The first-order chi connectivity index (χ1) is 8.25. The molecule has 1 atom stereocenters. The van der Waals surface area contributed by atoms with E-state index < -0.39 is 0 Å². The van der Waals surface area contributed by atoms with Gasteiger partial charge in [0.15, 0.2) is 0 Å². The fraction of sp³-hybridized carbons (Fsp3) is 0.154. The summed E-state index contributed by atoms with van der Waals surface area (Å²) >= 11 is 3.42. The van der Waals surface area contributed by atoms with Crippen molar-refractivity contribution in [2.75, 3.05) is 0 Å². The number of nitrogens with two attached hydrogens (primary N) is 1. The van der Waals surface area contributed by atoms with Crippen LogP contribution < -0.4 is 5.73 Å². The zero-order chi connectivity index (χ0) is 11.8. The predicted octanol–water partition coefficient (Wildman–Crippen LogP) is 3.71. The Morgan fingerprint density at radius 1 is 1.29 bits per heavy atom. The minimum Gasteiger partial charge on any atom is -0.320 e. The highest BCUT2D eigenvalue weighted by Crippen LogP contribution is 2.32. The predicted molar refractivity (Wildman–Crippen MR) is 74.7 cm³/mol. The Labute approximate surface area is 108 Å². The summed E-state index contributed by atoms with van der Waals surface area (Å²) in [5.41, 5.74) is 7.53. The third-order valence-corrected chi connectivity index (χ3v) is 4.77. The molecule has 0 aliphatic carbocycles. The van der Waals surface area contributed by atoms with E-state index in [2.05, 4.69) is 34.6 Å². The van der Waals surface area contributed by atoms with Crippen molar-refractivity contribution < 1.29 is 0 Å². The molecular formula is C13H12N2S2. The summed E-state index contributed by atoms with van der Waals surface area (Å²) in [7, 11) is 0. The van der Waals surface area contributed by atoms with E-state index in [-0.39, 0.29) is 6.04 Å². The number of benzene rings is 1. The van der Waals surface area contributed by atoms with Crippen LogP contribution in [0.15, 0.2) is 35.8 Å². The Kier molecular flexibility index (Phi) is 2.70. The van der Waals surface area contributed by atoms with Crippen molar-refractivity contribution >= 4 is 32.8 Å². The van der Waals surface area contributed by atoms with Crippen molar-refractivity contribution in [3.05, 3.63) is 51.3 Å². The van der Waals surface area contributed by atoms with Gasteiger partial charge in [-0.1, -0.05) is 18.2 Å². The number of thiophene rings is 1. The van der Waals surface area contributed by atoms with E-state index in [4.69, 9.17) is 5.73 Å². The Hall–Kier alpha value is -1.23. The maximum absolute atomic E-state index is 6.33. The number of aryl methyl sites for hydroxylation is 1. The standard InChI is InChI=1S/C13H12N2S2/c1-8-15-7-11(17-8)12(14)10-4-2-3-9-5-6-16-13(9)10/h2-7,12H,14H2,1H3. The molecule has 0 fully saturated rings. The lowest BCUT2D eigenvalue weighted by Gasteiger charge is -2.10. The van der Waals surface area contributed by atoms with Crippen LogP contribution in [0.4, 0.5) is 0 Å². The van der Waals surface area contributed by atoms with E-state index in [0.29, 0.717) is 0 Å². The molecule has 2 nitrogen and oxygen atoms in total. The maximum atomic E-state index is 6.33. The lowest BCUT2D eigenvalue weighted by atomic mass is 10.1. The summed E-state index contributed by atoms with van der Waals surface area (Å²) in [6.45, 7) is 2.01. The summed E-state index contributed by atoms with van der Waals surface area (Å²) in [5, 5.41) is 4.44. The molecular weight excluding hydrogens is 248 g/mol. The van der Waals surface area contributed by atoms with E-state index in [1.165, 1.54) is 15.6 Å². The van der Waals surface area contributed by atoms with E-state index in [9.17, 15) is 0 Å². The second kappa shape index (κ2) is 4.22. The van der Waals surface area contributed by atoms with Gasteiger partial charge in [0.1, 0.15) is 0 Å². The maximum Gasteiger partial charge on any atom is 0.0897 e. The van der Waals surface area contributed by atoms with E-state index in [1.807, 2.05) is 13.1 Å². The van der Waals surface area contributed by atoms with Gasteiger partial charge in [-0.3, -0.25) is 0 Å². The number of nitrogens with zero attached hydrogens (tertiary/aromatic N) is 1. The number of hydrogen-bond donors (Lipinski definition) is 1. The molecule has 0 amide bonds. The lowest BCUT2D eigenvalue weighted by molar-refractivity contribution is 0.901. The third-order valence-electron chi connectivity index (χ3n) is 2.79. The van der Waals surface area contributed by atoms with Gasteiger partial charge in [0, 0.05) is 15.8 Å². The number of aromatic nitrogens is 1. The molecule has 0 aliphatic rings. The highest BCUT2D eigenvalue weighted by molar-refractivity contribution is 7.17. The molecule has 0 radical (unpaired) electrons. The van der Waals surface area contributed by atoms with Crippen LogP contribution in [0.5, 0.6) is 0 Å². The van der Waals surface area contributed by atoms with Crippen molar-refractivity contribution in [2.24, 2.45) is 5.73 Å². The van der Waals surface area contributed by atoms with Gasteiger partial charge < -0.3 is 5.73 Å². The third kappa shape index (κ3) is 1.88. The largest absolute Gasteiger partial charge is 0.320 e. The molecule has 0 saturated carbocycles. The Bertz CT molecular complexity index is 654. The molecule has 4 heteroatoms. The Morgan fingerprint density at radius 2 is 2.18 bits per heavy atom. The van der Waals surface area contributed by atoms with E-state index in [1.54, 1.807) is 22.7 Å². The van der Waals surface area contributed by atoms with Crippen molar-refractivity contribution in [1.29, 1.82) is 0 Å². The highest BCUT2D eigenvalue weighted by Gasteiger charge is 2.14. The molecule has 1 aromatic carbocycles. The lowest BCUT2D eigenvalue weighted by Crippen LogP contribution is -2.10. The zero-order valence-electron chi connectivity index (χ0n) is 9.38. The molecule has 17 heavy (non-hydrogen) atoms. The van der Waals surface area contributed by atoms with Crippen LogP contribution in [0.25, 0.3) is 10.1 Å². The van der Waals surface area contributed by atoms with E-state index in [0.717, 1.165) is 9.88 Å². The van der Waals surface area contributed by atoms with Crippen molar-refractivity contribution in [3.63, 3.8) is 0 Å². The second-order valence-electron chi connectivity index (χ2n) is 3.95. The number of thiazole rings is 1. The molecule has 3 rings (SSSR count). The first-order valence-corrected chi connectivity index (χ1v) is 7.09. The van der Waals surface area contributed by atoms with Crippen LogP contribution in [-0.4, -0.2) is 4.98 Å². The summed E-state index contributed by atoms with van der Waals surface area (Å²) in [6.07, 6.45) is 1.89. The van der Waals surface area contributed by atoms with Crippen molar-refractivity contribution in [3.8, 4) is 0 Å². The highest BCUT2D eigenvalue weighted by atomic mass is 32.1. The normalized spacial score (nSPS) is 13.1. The van der Waals surface area contributed by atoms with Crippen LogP contribution in [0, 0.1) is 6.92 Å². The molecule has 0 saturated heterocycles. The molecule has 3 aromatic rings. The van der Waals surface area contributed by atoms with Gasteiger partial charge >= 0.3 is 0 Å². The van der Waals surface area contributed by atoms with Gasteiger partial charge in [0.2, 0.25) is 0 Å². The van der Waals surface area contributed by atoms with Crippen LogP contribution in [0.2, 0.25) is 0 Å². The molecule has 86 valence electrons. The molecule has 2 aromatic heterocycles. The van der Waals surface area contributed by atoms with E-state index >= 15 is 0 Å². The zero-order valence-corrected chi connectivity index (χ0v) is 11.0. The minimum absolute atomic E-state index is 0.0662. The fourth-order valence-electron chi connectivity index (χ4n) is 1.94. The molecule has 2 heterocycles. The quantitative estimate of drug-likeness (QED) is 0.762. The van der Waals surface area contributed by atoms with Crippen LogP contribution in [0.3, 0.4) is 0 Å². The smallest absolute Gasteiger partial charge is 0.0897 e. The summed E-state index contributed by atoms with van der Waals surface area (Å²) in [5.74, 6) is 0. The summed E-state index contributed by atoms with van der Waals surface area (Å²) in [6, 6.07) is 8.37. The van der Waals surface area contributed by atoms with Crippen LogP contribution >= 0.6 is 22.7 Å². The molecule has 0 aliphatic heterocycles. The van der Waals surface area contributed by atoms with Gasteiger partial charge in [-0.25, -0.2) is 4.98 Å². The molecule has 2 N–H and O–H groups in total. The average molecular weight is 260 g/mol. The number of fused-ring (bicyclic) bond motifs is 1. The summed E-state index contributed by atoms with van der Waals surface area (Å²) in [4.78, 5) is 5.40. The van der Waals surface area contributed by atoms with Gasteiger partial charge in [0.25, 0.3) is 0 Å². The van der Waals surface area contributed by atoms with Crippen LogP contribution in [-0.2, 0) is 0 Å². The summed E-state index contributed by atoms with van der Waals surface area (Å²) < 4.78 is 1.28. The molecule has 0 bridgehead atoms. The van der Waals surface area contributed by atoms with Crippen LogP contribution in [0.1, 0.15) is 21.5 Å². The average Bonchev–Trinajstić information content (AvgIpc) is 2.95. The topological polar surface area (TPSA) is 38.9 Å². The minimum atomic E-state index is -0.0662. The molecule has 1 unspecified atom stereocenters. The first-order valence-electron chi connectivity index (χ1n) is 5.40. The van der Waals surface area contributed by atoms with Gasteiger partial charge in [-0.05, 0) is 29.3 Å². The second-order valence-corrected chi connectivity index (χ2v) is 6.13. The molecule has 0 spiro atoms. The SMILES string of the molecule is Cc1ncc(C(N)c2cccc3ccsc23)s1. The monoisotopic (exact) mass is 260 g/mol. The number of hydrogen-bond acceptors (Lipinski definition) is 4. The van der Waals surface area contributed by atoms with Gasteiger partial charge in [0.05, 0.1) is 11.0 Å².